The summed E-state index contributed by atoms with van der Waals surface area (Å²) in [5.74, 6) is 0. The van der Waals surface area contributed by atoms with E-state index in [1.165, 1.54) is 5.56 Å². The molecule has 0 aromatic heterocycles. The Labute approximate surface area is 136 Å². The average molecular weight is 311 g/mol. The lowest BCUT2D eigenvalue weighted by Crippen LogP contribution is -2.47. The van der Waals surface area contributed by atoms with E-state index in [9.17, 15) is 4.79 Å². The van der Waals surface area contributed by atoms with Crippen molar-refractivity contribution in [2.24, 2.45) is 0 Å². The molecule has 2 aromatic carbocycles. The molecule has 0 aliphatic heterocycles. The minimum absolute atomic E-state index is 0.152. The van der Waals surface area contributed by atoms with Crippen molar-refractivity contribution in [2.75, 3.05) is 0 Å². The molecule has 0 heterocycles. The van der Waals surface area contributed by atoms with E-state index in [1.54, 1.807) is 0 Å². The number of nitrogens with one attached hydrogen (secondary N) is 1. The first kappa shape index (κ1) is 15.6. The highest BCUT2D eigenvalue weighted by molar-refractivity contribution is 5.67. The fourth-order valence-corrected chi connectivity index (χ4v) is 2.54. The van der Waals surface area contributed by atoms with Gasteiger partial charge in [0.15, 0.2) is 0 Å². The number of ether oxygens (including phenoxy) is 2. The molecule has 120 valence electrons. The van der Waals surface area contributed by atoms with Gasteiger partial charge in [-0.1, -0.05) is 60.7 Å². The molecule has 1 aliphatic carbocycles. The zero-order valence-corrected chi connectivity index (χ0v) is 13.0. The normalized spacial score (nSPS) is 19.7. The van der Waals surface area contributed by atoms with Crippen molar-refractivity contribution in [3.63, 3.8) is 0 Å². The van der Waals surface area contributed by atoms with Gasteiger partial charge in [0.2, 0.25) is 0 Å². The summed E-state index contributed by atoms with van der Waals surface area (Å²) in [6.07, 6.45) is 1.54. The average Bonchev–Trinajstić information content (AvgIpc) is 2.57. The first-order valence-electron chi connectivity index (χ1n) is 7.92. The van der Waals surface area contributed by atoms with Crippen molar-refractivity contribution < 1.29 is 14.3 Å². The molecule has 3 rings (SSSR count). The van der Waals surface area contributed by atoms with E-state index >= 15 is 0 Å². The van der Waals surface area contributed by atoms with Crippen LogP contribution >= 0.6 is 0 Å². The first-order chi connectivity index (χ1) is 11.3. The second-order valence-corrected chi connectivity index (χ2v) is 5.79. The molecule has 1 aliphatic rings. The van der Waals surface area contributed by atoms with Crippen LogP contribution in [-0.2, 0) is 22.7 Å². The molecule has 0 radical (unpaired) electrons. The second-order valence-electron chi connectivity index (χ2n) is 5.79. The number of carbonyl (C=O) groups is 1. The molecule has 1 fully saturated rings. The quantitative estimate of drug-likeness (QED) is 0.885. The van der Waals surface area contributed by atoms with Crippen LogP contribution in [0.25, 0.3) is 0 Å². The minimum atomic E-state index is -0.361. The lowest BCUT2D eigenvalue weighted by molar-refractivity contribution is -0.0263. The van der Waals surface area contributed by atoms with E-state index in [-0.39, 0.29) is 18.2 Å². The predicted molar refractivity (Wildman–Crippen MR) is 87.8 cm³/mol. The molecule has 1 amide bonds. The van der Waals surface area contributed by atoms with Crippen LogP contribution in [0.5, 0.6) is 0 Å². The third kappa shape index (κ3) is 4.83. The highest BCUT2D eigenvalue weighted by Crippen LogP contribution is 2.24. The summed E-state index contributed by atoms with van der Waals surface area (Å²) in [7, 11) is 0. The van der Waals surface area contributed by atoms with Crippen LogP contribution in [0.1, 0.15) is 24.0 Å². The lowest BCUT2D eigenvalue weighted by Gasteiger charge is -2.35. The molecule has 4 nitrogen and oxygen atoms in total. The summed E-state index contributed by atoms with van der Waals surface area (Å²) in [5, 5.41) is 2.87. The number of rotatable bonds is 6. The maximum absolute atomic E-state index is 11.7. The SMILES string of the molecule is O=C(NC1CC(OCc2ccccc2)C1)OCc1ccccc1. The Morgan fingerprint density at radius 3 is 2.09 bits per heavy atom. The van der Waals surface area contributed by atoms with E-state index < -0.39 is 0 Å². The largest absolute Gasteiger partial charge is 0.445 e. The molecule has 23 heavy (non-hydrogen) atoms. The van der Waals surface area contributed by atoms with E-state index in [4.69, 9.17) is 9.47 Å². The lowest BCUT2D eigenvalue weighted by atomic mass is 9.89. The van der Waals surface area contributed by atoms with Gasteiger partial charge in [-0.3, -0.25) is 0 Å². The molecule has 0 saturated heterocycles. The summed E-state index contributed by atoms with van der Waals surface area (Å²) < 4.78 is 11.0. The summed E-state index contributed by atoms with van der Waals surface area (Å²) in [6.45, 7) is 0.921. The van der Waals surface area contributed by atoms with Gasteiger partial charge in [0.1, 0.15) is 6.61 Å². The third-order valence-corrected chi connectivity index (χ3v) is 3.96. The van der Waals surface area contributed by atoms with Gasteiger partial charge in [-0.25, -0.2) is 4.79 Å². The van der Waals surface area contributed by atoms with Gasteiger partial charge < -0.3 is 14.8 Å². The Morgan fingerprint density at radius 1 is 0.913 bits per heavy atom. The third-order valence-electron chi connectivity index (χ3n) is 3.96. The summed E-state index contributed by atoms with van der Waals surface area (Å²) in [6, 6.07) is 19.9. The Balaban J connectivity index is 1.30. The molecule has 0 atom stereocenters. The predicted octanol–water partition coefficient (Wildman–Crippen LogP) is 3.66. The fraction of sp³-hybridized carbons (Fsp3) is 0.316. The highest BCUT2D eigenvalue weighted by atomic mass is 16.5. The molecule has 0 bridgehead atoms. The number of carbonyl (C=O) groups excluding carboxylic acids is 1. The summed E-state index contributed by atoms with van der Waals surface area (Å²) in [4.78, 5) is 11.7. The van der Waals surface area contributed by atoms with Crippen molar-refractivity contribution >= 4 is 6.09 Å². The molecule has 0 unspecified atom stereocenters. The highest BCUT2D eigenvalue weighted by Gasteiger charge is 2.31. The Bertz CT molecular complexity index is 609. The topological polar surface area (TPSA) is 47.6 Å². The molecule has 4 heteroatoms. The van der Waals surface area contributed by atoms with Crippen LogP contribution in [0.15, 0.2) is 60.7 Å². The van der Waals surface area contributed by atoms with E-state index in [0.717, 1.165) is 18.4 Å². The zero-order chi connectivity index (χ0) is 15.9. The Kier molecular flexibility index (Phi) is 5.27. The molecular weight excluding hydrogens is 290 g/mol. The van der Waals surface area contributed by atoms with Gasteiger partial charge in [-0.05, 0) is 24.0 Å². The van der Waals surface area contributed by atoms with E-state index in [0.29, 0.717) is 13.2 Å². The van der Waals surface area contributed by atoms with Crippen LogP contribution in [0.4, 0.5) is 4.79 Å². The maximum Gasteiger partial charge on any atom is 0.407 e. The van der Waals surface area contributed by atoms with Gasteiger partial charge >= 0.3 is 6.09 Å². The van der Waals surface area contributed by atoms with E-state index in [2.05, 4.69) is 17.4 Å². The summed E-state index contributed by atoms with van der Waals surface area (Å²) >= 11 is 0. The van der Waals surface area contributed by atoms with Crippen LogP contribution < -0.4 is 5.32 Å². The van der Waals surface area contributed by atoms with E-state index in [1.807, 2.05) is 48.5 Å². The number of amides is 1. The van der Waals surface area contributed by atoms with Crippen molar-refractivity contribution in [1.29, 1.82) is 0 Å². The van der Waals surface area contributed by atoms with Crippen LogP contribution in [0.2, 0.25) is 0 Å². The van der Waals surface area contributed by atoms with Crippen LogP contribution in [0.3, 0.4) is 0 Å². The smallest absolute Gasteiger partial charge is 0.407 e. The number of hydrogen-bond acceptors (Lipinski definition) is 3. The standard InChI is InChI=1S/C19H21NO3/c21-19(23-14-16-9-5-2-6-10-16)20-17-11-18(12-17)22-13-15-7-3-1-4-8-15/h1-10,17-18H,11-14H2,(H,20,21). The van der Waals surface area contributed by atoms with Gasteiger partial charge in [0.05, 0.1) is 12.7 Å². The van der Waals surface area contributed by atoms with Crippen LogP contribution in [-0.4, -0.2) is 18.2 Å². The molecule has 1 saturated carbocycles. The number of benzene rings is 2. The zero-order valence-electron chi connectivity index (χ0n) is 13.0. The fourth-order valence-electron chi connectivity index (χ4n) is 2.54. The van der Waals surface area contributed by atoms with Gasteiger partial charge in [-0.2, -0.15) is 0 Å². The van der Waals surface area contributed by atoms with Gasteiger partial charge in [0.25, 0.3) is 0 Å². The minimum Gasteiger partial charge on any atom is -0.445 e. The maximum atomic E-state index is 11.7. The Morgan fingerprint density at radius 2 is 1.48 bits per heavy atom. The van der Waals surface area contributed by atoms with Crippen molar-refractivity contribution in [3.05, 3.63) is 71.8 Å². The van der Waals surface area contributed by atoms with Gasteiger partial charge in [0, 0.05) is 6.04 Å². The summed E-state index contributed by atoms with van der Waals surface area (Å²) in [5.41, 5.74) is 2.16. The first-order valence-corrected chi connectivity index (χ1v) is 7.92. The van der Waals surface area contributed by atoms with Crippen LogP contribution in [0, 0.1) is 0 Å². The monoisotopic (exact) mass is 311 g/mol. The van der Waals surface area contributed by atoms with Crippen molar-refractivity contribution in [1.82, 2.24) is 5.32 Å². The molecule has 2 aromatic rings. The molecule has 0 spiro atoms. The molecular formula is C19H21NO3. The Hall–Kier alpha value is -2.33. The molecule has 1 N–H and O–H groups in total. The van der Waals surface area contributed by atoms with Crippen molar-refractivity contribution in [2.45, 2.75) is 38.2 Å². The van der Waals surface area contributed by atoms with Crippen molar-refractivity contribution in [3.8, 4) is 0 Å². The number of alkyl carbamates (subject to hydrolysis) is 1. The second kappa shape index (κ2) is 7.79. The van der Waals surface area contributed by atoms with Gasteiger partial charge in [-0.15, -0.1) is 0 Å². The number of hydrogen-bond donors (Lipinski definition) is 1.